The predicted molar refractivity (Wildman–Crippen MR) is 87.4 cm³/mol. The Labute approximate surface area is 133 Å². The molecule has 0 aliphatic carbocycles. The Kier molecular flexibility index (Phi) is 3.89. The predicted octanol–water partition coefficient (Wildman–Crippen LogP) is 3.30. The van der Waals surface area contributed by atoms with Gasteiger partial charge in [-0.2, -0.15) is 10.4 Å². The molecule has 0 unspecified atom stereocenters. The SMILES string of the molecule is Cc1c(C(=O)Nc2ccc(C#N)cc2)cnn1-c1ccccc1. The number of benzene rings is 2. The topological polar surface area (TPSA) is 70.7 Å². The lowest BCUT2D eigenvalue weighted by Crippen LogP contribution is -2.13. The van der Waals surface area contributed by atoms with Crippen molar-refractivity contribution in [2.75, 3.05) is 5.32 Å². The molecule has 1 aromatic heterocycles. The van der Waals surface area contributed by atoms with Crippen LogP contribution in [0.25, 0.3) is 5.69 Å². The second kappa shape index (κ2) is 6.16. The highest BCUT2D eigenvalue weighted by molar-refractivity contribution is 6.05. The van der Waals surface area contributed by atoms with Gasteiger partial charge in [0.1, 0.15) is 0 Å². The molecule has 23 heavy (non-hydrogen) atoms. The van der Waals surface area contributed by atoms with Crippen molar-refractivity contribution < 1.29 is 4.79 Å². The first-order valence-electron chi connectivity index (χ1n) is 7.10. The summed E-state index contributed by atoms with van der Waals surface area (Å²) < 4.78 is 1.73. The van der Waals surface area contributed by atoms with Gasteiger partial charge in [-0.25, -0.2) is 4.68 Å². The van der Waals surface area contributed by atoms with Crippen LogP contribution < -0.4 is 5.32 Å². The average molecular weight is 302 g/mol. The van der Waals surface area contributed by atoms with Gasteiger partial charge in [0.25, 0.3) is 5.91 Å². The zero-order chi connectivity index (χ0) is 16.2. The molecular formula is C18H14N4O. The molecule has 1 amide bonds. The van der Waals surface area contributed by atoms with Gasteiger partial charge < -0.3 is 5.32 Å². The van der Waals surface area contributed by atoms with E-state index in [0.29, 0.717) is 16.8 Å². The number of hydrogen-bond donors (Lipinski definition) is 1. The summed E-state index contributed by atoms with van der Waals surface area (Å²) in [6.07, 6.45) is 1.56. The summed E-state index contributed by atoms with van der Waals surface area (Å²) in [5.41, 5.74) is 3.37. The van der Waals surface area contributed by atoms with E-state index in [0.717, 1.165) is 11.4 Å². The van der Waals surface area contributed by atoms with Gasteiger partial charge in [-0.1, -0.05) is 18.2 Å². The van der Waals surface area contributed by atoms with Crippen molar-refractivity contribution in [1.82, 2.24) is 9.78 Å². The molecule has 0 bridgehead atoms. The minimum atomic E-state index is -0.227. The molecule has 5 heteroatoms. The van der Waals surface area contributed by atoms with Crippen LogP contribution in [-0.4, -0.2) is 15.7 Å². The van der Waals surface area contributed by atoms with E-state index in [1.54, 1.807) is 35.1 Å². The Morgan fingerprint density at radius 2 is 1.83 bits per heavy atom. The number of para-hydroxylation sites is 1. The van der Waals surface area contributed by atoms with Crippen molar-refractivity contribution >= 4 is 11.6 Å². The van der Waals surface area contributed by atoms with Crippen molar-refractivity contribution in [1.29, 1.82) is 5.26 Å². The number of anilines is 1. The van der Waals surface area contributed by atoms with Gasteiger partial charge in [-0.3, -0.25) is 4.79 Å². The number of nitrogens with zero attached hydrogens (tertiary/aromatic N) is 3. The molecule has 3 rings (SSSR count). The maximum atomic E-state index is 12.4. The van der Waals surface area contributed by atoms with E-state index in [-0.39, 0.29) is 5.91 Å². The van der Waals surface area contributed by atoms with Crippen molar-refractivity contribution in [3.8, 4) is 11.8 Å². The van der Waals surface area contributed by atoms with E-state index >= 15 is 0 Å². The lowest BCUT2D eigenvalue weighted by atomic mass is 10.2. The Morgan fingerprint density at radius 1 is 1.13 bits per heavy atom. The summed E-state index contributed by atoms with van der Waals surface area (Å²) in [6.45, 7) is 1.85. The van der Waals surface area contributed by atoms with Gasteiger partial charge in [-0.15, -0.1) is 0 Å². The van der Waals surface area contributed by atoms with Crippen LogP contribution in [0.1, 0.15) is 21.6 Å². The molecule has 1 N–H and O–H groups in total. The molecule has 0 saturated heterocycles. The van der Waals surface area contributed by atoms with Crippen LogP contribution in [0.15, 0.2) is 60.8 Å². The third kappa shape index (κ3) is 2.97. The van der Waals surface area contributed by atoms with Crippen LogP contribution in [-0.2, 0) is 0 Å². The van der Waals surface area contributed by atoms with Crippen LogP contribution in [0.2, 0.25) is 0 Å². The Balaban J connectivity index is 1.83. The largest absolute Gasteiger partial charge is 0.322 e. The molecular weight excluding hydrogens is 288 g/mol. The first kappa shape index (κ1) is 14.5. The standard InChI is InChI=1S/C18H14N4O/c1-13-17(12-20-22(13)16-5-3-2-4-6-16)18(23)21-15-9-7-14(11-19)8-10-15/h2-10,12H,1H3,(H,21,23). The maximum Gasteiger partial charge on any atom is 0.259 e. The summed E-state index contributed by atoms with van der Waals surface area (Å²) in [5, 5.41) is 15.9. The van der Waals surface area contributed by atoms with Gasteiger partial charge in [0, 0.05) is 5.69 Å². The molecule has 0 atom stereocenters. The molecule has 0 saturated carbocycles. The van der Waals surface area contributed by atoms with E-state index < -0.39 is 0 Å². The van der Waals surface area contributed by atoms with Crippen molar-refractivity contribution in [3.05, 3.63) is 77.6 Å². The summed E-state index contributed by atoms with van der Waals surface area (Å²) in [7, 11) is 0. The quantitative estimate of drug-likeness (QED) is 0.807. The summed E-state index contributed by atoms with van der Waals surface area (Å²) in [6, 6.07) is 18.4. The van der Waals surface area contributed by atoms with Gasteiger partial charge in [0.15, 0.2) is 0 Å². The van der Waals surface area contributed by atoms with E-state index in [1.807, 2.05) is 43.3 Å². The monoisotopic (exact) mass is 302 g/mol. The minimum Gasteiger partial charge on any atom is -0.322 e. The summed E-state index contributed by atoms with van der Waals surface area (Å²) in [4.78, 5) is 12.4. The second-order valence-electron chi connectivity index (χ2n) is 5.03. The van der Waals surface area contributed by atoms with Gasteiger partial charge >= 0.3 is 0 Å². The fourth-order valence-corrected chi connectivity index (χ4v) is 2.29. The average Bonchev–Trinajstić information content (AvgIpc) is 2.98. The molecule has 0 radical (unpaired) electrons. The zero-order valence-corrected chi connectivity index (χ0v) is 12.5. The molecule has 0 fully saturated rings. The molecule has 3 aromatic rings. The van der Waals surface area contributed by atoms with Crippen molar-refractivity contribution in [2.45, 2.75) is 6.92 Å². The van der Waals surface area contributed by atoms with E-state index in [4.69, 9.17) is 5.26 Å². The van der Waals surface area contributed by atoms with Crippen LogP contribution in [0.3, 0.4) is 0 Å². The van der Waals surface area contributed by atoms with Gasteiger partial charge in [0.05, 0.1) is 34.8 Å². The second-order valence-corrected chi connectivity index (χ2v) is 5.03. The van der Waals surface area contributed by atoms with Crippen molar-refractivity contribution in [3.63, 3.8) is 0 Å². The third-order valence-electron chi connectivity index (χ3n) is 3.53. The number of amides is 1. The fourth-order valence-electron chi connectivity index (χ4n) is 2.29. The number of hydrogen-bond acceptors (Lipinski definition) is 3. The lowest BCUT2D eigenvalue weighted by Gasteiger charge is -2.06. The van der Waals surface area contributed by atoms with Gasteiger partial charge in [-0.05, 0) is 43.3 Å². The van der Waals surface area contributed by atoms with Crippen LogP contribution in [0.4, 0.5) is 5.69 Å². The van der Waals surface area contributed by atoms with Crippen molar-refractivity contribution in [2.24, 2.45) is 0 Å². The molecule has 2 aromatic carbocycles. The number of nitriles is 1. The normalized spacial score (nSPS) is 10.1. The Morgan fingerprint density at radius 3 is 2.48 bits per heavy atom. The number of nitrogens with one attached hydrogen (secondary N) is 1. The summed E-state index contributed by atoms with van der Waals surface area (Å²) >= 11 is 0. The van der Waals surface area contributed by atoms with Crippen LogP contribution in [0.5, 0.6) is 0 Å². The highest BCUT2D eigenvalue weighted by atomic mass is 16.1. The number of rotatable bonds is 3. The first-order chi connectivity index (χ1) is 11.2. The third-order valence-corrected chi connectivity index (χ3v) is 3.53. The van der Waals surface area contributed by atoms with Crippen LogP contribution >= 0.6 is 0 Å². The fraction of sp³-hybridized carbons (Fsp3) is 0.0556. The highest BCUT2D eigenvalue weighted by Crippen LogP contribution is 2.16. The maximum absolute atomic E-state index is 12.4. The molecule has 0 spiro atoms. The van der Waals surface area contributed by atoms with Gasteiger partial charge in [0.2, 0.25) is 0 Å². The highest BCUT2D eigenvalue weighted by Gasteiger charge is 2.15. The first-order valence-corrected chi connectivity index (χ1v) is 7.10. The lowest BCUT2D eigenvalue weighted by molar-refractivity contribution is 0.102. The van der Waals surface area contributed by atoms with E-state index in [1.165, 1.54) is 0 Å². The number of carbonyl (C=O) groups is 1. The number of carbonyl (C=O) groups excluding carboxylic acids is 1. The smallest absolute Gasteiger partial charge is 0.259 e. The molecule has 112 valence electrons. The Bertz CT molecular complexity index is 874. The van der Waals surface area contributed by atoms with E-state index in [2.05, 4.69) is 10.4 Å². The molecule has 1 heterocycles. The minimum absolute atomic E-state index is 0.227. The Hall–Kier alpha value is -3.39. The van der Waals surface area contributed by atoms with Crippen LogP contribution in [0, 0.1) is 18.3 Å². The van der Waals surface area contributed by atoms with E-state index in [9.17, 15) is 4.79 Å². The number of aromatic nitrogens is 2. The molecule has 0 aliphatic heterocycles. The molecule has 5 nitrogen and oxygen atoms in total. The zero-order valence-electron chi connectivity index (χ0n) is 12.5. The molecule has 0 aliphatic rings. The summed E-state index contributed by atoms with van der Waals surface area (Å²) in [5.74, 6) is -0.227.